The number of hydrogen-bond donors (Lipinski definition) is 0. The molecule has 78 valence electrons. The first-order valence-corrected chi connectivity index (χ1v) is 7.02. The smallest absolute Gasteiger partial charge is 0.0615 e. The number of ether oxygens (including phenoxy) is 1. The maximum atomic E-state index is 5.68. The summed E-state index contributed by atoms with van der Waals surface area (Å²) in [5.41, 5.74) is 1.77. The Morgan fingerprint density at radius 1 is 1.71 bits per heavy atom. The lowest BCUT2D eigenvalue weighted by Crippen LogP contribution is -2.32. The highest BCUT2D eigenvalue weighted by atomic mass is 79.9. The van der Waals surface area contributed by atoms with Gasteiger partial charge in [0.1, 0.15) is 0 Å². The molecule has 0 bridgehead atoms. The molecule has 0 spiro atoms. The van der Waals surface area contributed by atoms with Gasteiger partial charge in [-0.2, -0.15) is 11.3 Å². The van der Waals surface area contributed by atoms with E-state index in [-0.39, 0.29) is 0 Å². The second-order valence-electron chi connectivity index (χ2n) is 4.07. The van der Waals surface area contributed by atoms with Crippen LogP contribution in [0.5, 0.6) is 0 Å². The number of hydrogen-bond acceptors (Lipinski definition) is 2. The molecule has 1 aromatic rings. The zero-order valence-corrected chi connectivity index (χ0v) is 10.7. The van der Waals surface area contributed by atoms with Gasteiger partial charge >= 0.3 is 0 Å². The minimum absolute atomic E-state index is 0.321. The van der Waals surface area contributed by atoms with Crippen molar-refractivity contribution < 1.29 is 4.74 Å². The Kier molecular flexibility index (Phi) is 3.30. The summed E-state index contributed by atoms with van der Waals surface area (Å²) in [5, 5.41) is 5.43. The Hall–Kier alpha value is 0.140. The number of rotatable bonds is 3. The summed E-state index contributed by atoms with van der Waals surface area (Å²) < 4.78 is 5.68. The zero-order valence-electron chi connectivity index (χ0n) is 8.33. The molecule has 2 atom stereocenters. The summed E-state index contributed by atoms with van der Waals surface area (Å²) >= 11 is 5.42. The highest BCUT2D eigenvalue weighted by Crippen LogP contribution is 2.40. The summed E-state index contributed by atoms with van der Waals surface area (Å²) in [4.78, 5) is 0. The molecule has 1 nitrogen and oxygen atoms in total. The van der Waals surface area contributed by atoms with E-state index in [1.165, 1.54) is 12.0 Å². The molecule has 0 aromatic carbocycles. The van der Waals surface area contributed by atoms with Crippen molar-refractivity contribution in [1.82, 2.24) is 0 Å². The molecular weight excluding hydrogens is 260 g/mol. The van der Waals surface area contributed by atoms with E-state index in [1.54, 1.807) is 11.3 Å². The van der Waals surface area contributed by atoms with Gasteiger partial charge in [0, 0.05) is 17.4 Å². The molecule has 1 aliphatic heterocycles. The van der Waals surface area contributed by atoms with Crippen LogP contribution in [0.2, 0.25) is 0 Å². The van der Waals surface area contributed by atoms with E-state index in [1.807, 2.05) is 0 Å². The van der Waals surface area contributed by atoms with Gasteiger partial charge in [-0.05, 0) is 42.2 Å². The second-order valence-corrected chi connectivity index (χ2v) is 5.41. The van der Waals surface area contributed by atoms with Crippen LogP contribution in [0.4, 0.5) is 0 Å². The van der Waals surface area contributed by atoms with Gasteiger partial charge in [-0.25, -0.2) is 0 Å². The number of halogens is 1. The average Bonchev–Trinajstić information content (AvgIpc) is 2.79. The van der Waals surface area contributed by atoms with Crippen LogP contribution < -0.4 is 0 Å². The van der Waals surface area contributed by atoms with Gasteiger partial charge in [0.25, 0.3) is 0 Å². The van der Waals surface area contributed by atoms with Crippen LogP contribution in [-0.4, -0.2) is 18.0 Å². The van der Waals surface area contributed by atoms with Gasteiger partial charge < -0.3 is 4.74 Å². The largest absolute Gasteiger partial charge is 0.378 e. The predicted molar refractivity (Wildman–Crippen MR) is 64.3 cm³/mol. The molecule has 3 heteroatoms. The van der Waals surface area contributed by atoms with E-state index in [4.69, 9.17) is 4.74 Å². The van der Waals surface area contributed by atoms with E-state index in [2.05, 4.69) is 39.7 Å². The summed E-state index contributed by atoms with van der Waals surface area (Å²) in [6, 6.07) is 2.22. The zero-order chi connectivity index (χ0) is 10.0. The SMILES string of the molecule is CC1OCCC1(CBr)Cc1ccsc1. The topological polar surface area (TPSA) is 9.23 Å². The third-order valence-electron chi connectivity index (χ3n) is 3.23. The van der Waals surface area contributed by atoms with E-state index in [0.717, 1.165) is 18.4 Å². The van der Waals surface area contributed by atoms with Crippen LogP contribution in [0.25, 0.3) is 0 Å². The van der Waals surface area contributed by atoms with E-state index >= 15 is 0 Å². The Morgan fingerprint density at radius 2 is 2.57 bits per heavy atom. The molecular formula is C11H15BrOS. The van der Waals surface area contributed by atoms with Crippen LogP contribution in [0.3, 0.4) is 0 Å². The molecule has 2 heterocycles. The van der Waals surface area contributed by atoms with Crippen LogP contribution in [0.15, 0.2) is 16.8 Å². The first kappa shape index (κ1) is 10.7. The molecule has 0 N–H and O–H groups in total. The lowest BCUT2D eigenvalue weighted by atomic mass is 9.79. The van der Waals surface area contributed by atoms with Gasteiger partial charge in [-0.3, -0.25) is 0 Å². The van der Waals surface area contributed by atoms with Gasteiger partial charge in [0.05, 0.1) is 6.10 Å². The van der Waals surface area contributed by atoms with E-state index < -0.39 is 0 Å². The Balaban J connectivity index is 2.13. The Morgan fingerprint density at radius 3 is 3.07 bits per heavy atom. The van der Waals surface area contributed by atoms with Crippen molar-refractivity contribution in [3.8, 4) is 0 Å². The molecule has 14 heavy (non-hydrogen) atoms. The second kappa shape index (κ2) is 4.33. The van der Waals surface area contributed by atoms with E-state index in [0.29, 0.717) is 11.5 Å². The lowest BCUT2D eigenvalue weighted by Gasteiger charge is -2.29. The van der Waals surface area contributed by atoms with Gasteiger partial charge in [-0.1, -0.05) is 15.9 Å². The maximum Gasteiger partial charge on any atom is 0.0615 e. The molecule has 0 amide bonds. The standard InChI is InChI=1S/C11H15BrOS/c1-9-11(8-12,3-4-13-9)6-10-2-5-14-7-10/h2,5,7,9H,3-4,6,8H2,1H3. The maximum absolute atomic E-state index is 5.68. The highest BCUT2D eigenvalue weighted by molar-refractivity contribution is 9.09. The monoisotopic (exact) mass is 274 g/mol. The van der Waals surface area contributed by atoms with Gasteiger partial charge in [-0.15, -0.1) is 0 Å². The highest BCUT2D eigenvalue weighted by Gasteiger charge is 2.40. The number of alkyl halides is 1. The number of thiophene rings is 1. The van der Waals surface area contributed by atoms with Crippen LogP contribution in [-0.2, 0) is 11.2 Å². The summed E-state index contributed by atoms with van der Waals surface area (Å²) in [6.07, 6.45) is 2.69. The quantitative estimate of drug-likeness (QED) is 0.767. The molecule has 1 fully saturated rings. The first-order valence-electron chi connectivity index (χ1n) is 4.95. The third-order valence-corrected chi connectivity index (χ3v) is 5.08. The predicted octanol–water partition coefficient (Wildman–Crippen LogP) is 3.48. The third kappa shape index (κ3) is 1.90. The fourth-order valence-corrected chi connectivity index (χ4v) is 3.68. The molecule has 1 saturated heterocycles. The molecule has 0 saturated carbocycles. The minimum Gasteiger partial charge on any atom is -0.378 e. The fraction of sp³-hybridized carbons (Fsp3) is 0.636. The van der Waals surface area contributed by atoms with E-state index in [9.17, 15) is 0 Å². The van der Waals surface area contributed by atoms with Crippen molar-refractivity contribution in [3.63, 3.8) is 0 Å². The van der Waals surface area contributed by atoms with Crippen molar-refractivity contribution in [2.24, 2.45) is 5.41 Å². The van der Waals surface area contributed by atoms with Crippen LogP contribution >= 0.6 is 27.3 Å². The Labute approximate surface area is 97.6 Å². The van der Waals surface area contributed by atoms with Crippen molar-refractivity contribution in [2.45, 2.75) is 25.9 Å². The van der Waals surface area contributed by atoms with Crippen LogP contribution in [0.1, 0.15) is 18.9 Å². The molecule has 2 unspecified atom stereocenters. The van der Waals surface area contributed by atoms with Gasteiger partial charge in [0.2, 0.25) is 0 Å². The van der Waals surface area contributed by atoms with Crippen molar-refractivity contribution in [2.75, 3.05) is 11.9 Å². The summed E-state index contributed by atoms with van der Waals surface area (Å²) in [5.74, 6) is 0. The Bertz CT molecular complexity index is 285. The lowest BCUT2D eigenvalue weighted by molar-refractivity contribution is 0.0747. The normalized spacial score (nSPS) is 32.3. The molecule has 0 radical (unpaired) electrons. The van der Waals surface area contributed by atoms with Crippen molar-refractivity contribution in [3.05, 3.63) is 22.4 Å². The first-order chi connectivity index (χ1) is 6.77. The summed E-state index contributed by atoms with van der Waals surface area (Å²) in [6.45, 7) is 3.11. The summed E-state index contributed by atoms with van der Waals surface area (Å²) in [7, 11) is 0. The fourth-order valence-electron chi connectivity index (χ4n) is 2.07. The molecule has 0 aliphatic carbocycles. The molecule has 2 rings (SSSR count). The van der Waals surface area contributed by atoms with Gasteiger partial charge in [0.15, 0.2) is 0 Å². The molecule has 1 aromatic heterocycles. The average molecular weight is 275 g/mol. The van der Waals surface area contributed by atoms with Crippen LogP contribution in [0, 0.1) is 5.41 Å². The van der Waals surface area contributed by atoms with Crippen molar-refractivity contribution in [1.29, 1.82) is 0 Å². The minimum atomic E-state index is 0.321. The van der Waals surface area contributed by atoms with Crippen molar-refractivity contribution >= 4 is 27.3 Å². The molecule has 1 aliphatic rings.